The Balaban J connectivity index is 1.70. The molecule has 202 valence electrons. The third kappa shape index (κ3) is 5.17. The number of amides is 2. The number of hydrogen-bond donors (Lipinski definition) is 0. The van der Waals surface area contributed by atoms with Gasteiger partial charge in [0.15, 0.2) is 0 Å². The van der Waals surface area contributed by atoms with Gasteiger partial charge in [-0.25, -0.2) is 4.68 Å². The lowest BCUT2D eigenvalue weighted by Gasteiger charge is -2.32. The maximum absolute atomic E-state index is 13.8. The van der Waals surface area contributed by atoms with Crippen molar-refractivity contribution in [1.29, 1.82) is 0 Å². The third-order valence-corrected chi connectivity index (χ3v) is 9.61. The first kappa shape index (κ1) is 27.0. The van der Waals surface area contributed by atoms with Gasteiger partial charge < -0.3 is 4.90 Å². The van der Waals surface area contributed by atoms with Crippen LogP contribution < -0.4 is 4.90 Å². The van der Waals surface area contributed by atoms with Crippen molar-refractivity contribution in [3.8, 4) is 5.69 Å². The normalized spacial score (nSPS) is 19.0. The van der Waals surface area contributed by atoms with E-state index in [2.05, 4.69) is 76.6 Å². The summed E-state index contributed by atoms with van der Waals surface area (Å²) in [5.74, 6) is 1.66. The molecule has 0 aliphatic carbocycles. The van der Waals surface area contributed by atoms with Crippen LogP contribution in [0.4, 0.5) is 5.82 Å². The first-order valence-electron chi connectivity index (χ1n) is 13.5. The summed E-state index contributed by atoms with van der Waals surface area (Å²) < 4.78 is 1.94. The fourth-order valence-corrected chi connectivity index (χ4v) is 7.42. The topological polar surface area (TPSA) is 58.4 Å². The number of anilines is 1. The molecule has 38 heavy (non-hydrogen) atoms. The first-order chi connectivity index (χ1) is 18.0. The number of likely N-dealkylation sites (tertiary alicyclic amines) is 1. The van der Waals surface area contributed by atoms with Gasteiger partial charge in [0.05, 0.1) is 22.4 Å². The molecule has 2 aromatic heterocycles. The summed E-state index contributed by atoms with van der Waals surface area (Å²) in [6.45, 7) is 14.5. The molecular formula is C30H38N4O2S2. The van der Waals surface area contributed by atoms with Crippen molar-refractivity contribution >= 4 is 40.7 Å². The fourth-order valence-electron chi connectivity index (χ4n) is 5.46. The maximum Gasteiger partial charge on any atom is 0.242 e. The quantitative estimate of drug-likeness (QED) is 0.384. The highest BCUT2D eigenvalue weighted by molar-refractivity contribution is 8.00. The zero-order valence-electron chi connectivity index (χ0n) is 23.3. The average molecular weight is 551 g/mol. The highest BCUT2D eigenvalue weighted by Crippen LogP contribution is 2.49. The van der Waals surface area contributed by atoms with Crippen molar-refractivity contribution in [2.45, 2.75) is 65.0 Å². The second-order valence-electron chi connectivity index (χ2n) is 11.8. The molecule has 3 aromatic rings. The predicted molar refractivity (Wildman–Crippen MR) is 158 cm³/mol. The number of nitrogens with zero attached hydrogens (tertiary/aromatic N) is 4. The Bertz CT molecular complexity index is 1330. The molecule has 0 bridgehead atoms. The molecule has 2 aliphatic heterocycles. The Kier molecular flexibility index (Phi) is 7.48. The Hall–Kier alpha value is -2.58. The number of benzene rings is 1. The molecule has 1 atom stereocenters. The minimum atomic E-state index is -0.255. The van der Waals surface area contributed by atoms with Crippen LogP contribution in [0.2, 0.25) is 0 Å². The van der Waals surface area contributed by atoms with Gasteiger partial charge in [0.25, 0.3) is 0 Å². The van der Waals surface area contributed by atoms with Gasteiger partial charge in [0, 0.05) is 24.1 Å². The van der Waals surface area contributed by atoms with E-state index in [0.717, 1.165) is 54.3 Å². The fraction of sp³-hybridized carbons (Fsp3) is 0.500. The van der Waals surface area contributed by atoms with Gasteiger partial charge in [-0.15, -0.1) is 11.8 Å². The van der Waals surface area contributed by atoms with Crippen LogP contribution in [0.1, 0.15) is 73.7 Å². The molecule has 0 N–H and O–H groups in total. The van der Waals surface area contributed by atoms with Crippen LogP contribution in [0, 0.1) is 19.8 Å². The third-order valence-electron chi connectivity index (χ3n) is 7.66. The molecule has 2 aliphatic rings. The molecule has 0 saturated carbocycles. The van der Waals surface area contributed by atoms with Crippen molar-refractivity contribution in [3.63, 3.8) is 0 Å². The average Bonchev–Trinajstić information content (AvgIpc) is 3.49. The number of thioether (sulfide) groups is 1. The highest BCUT2D eigenvalue weighted by Gasteiger charge is 2.40. The van der Waals surface area contributed by atoms with Gasteiger partial charge in [-0.05, 0) is 66.6 Å². The van der Waals surface area contributed by atoms with Gasteiger partial charge in [0.1, 0.15) is 12.4 Å². The molecule has 0 spiro atoms. The Morgan fingerprint density at radius 1 is 1.13 bits per heavy atom. The lowest BCUT2D eigenvalue weighted by molar-refractivity contribution is -0.132. The van der Waals surface area contributed by atoms with Crippen LogP contribution in [0.3, 0.4) is 0 Å². The lowest BCUT2D eigenvalue weighted by atomic mass is 9.87. The first-order valence-corrected chi connectivity index (χ1v) is 15.5. The zero-order valence-corrected chi connectivity index (χ0v) is 24.9. The summed E-state index contributed by atoms with van der Waals surface area (Å²) in [4.78, 5) is 31.1. The standard InChI is InChI=1S/C30H38N4O2S2/c1-19-9-12-32(13-10-19)24(35)16-33-25(36)18-38-27(22-11-14-37-17-22)26-28(30(4,5)6)31-34(29(26)33)23-8-7-20(2)15-21(23)3/h7-8,11,14-15,17,19,27H,9-10,12-13,16,18H2,1-6H3/t27-/m0/s1. The number of carbonyl (C=O) groups excluding carboxylic acids is 2. The molecule has 2 amide bonds. The summed E-state index contributed by atoms with van der Waals surface area (Å²) in [5, 5.41) is 9.45. The molecular weight excluding hydrogens is 512 g/mol. The van der Waals surface area contributed by atoms with Crippen LogP contribution in [0.15, 0.2) is 35.0 Å². The number of piperidine rings is 1. The minimum absolute atomic E-state index is 0.0147. The Morgan fingerprint density at radius 2 is 1.87 bits per heavy atom. The van der Waals surface area contributed by atoms with E-state index in [1.54, 1.807) is 28.0 Å². The minimum Gasteiger partial charge on any atom is -0.341 e. The second kappa shape index (κ2) is 10.5. The van der Waals surface area contributed by atoms with Crippen LogP contribution in [0.25, 0.3) is 5.69 Å². The van der Waals surface area contributed by atoms with Crippen LogP contribution >= 0.6 is 23.1 Å². The zero-order chi connectivity index (χ0) is 27.2. The van der Waals surface area contributed by atoms with E-state index in [0.29, 0.717) is 11.7 Å². The molecule has 0 unspecified atom stereocenters. The van der Waals surface area contributed by atoms with Crippen molar-refractivity contribution in [2.24, 2.45) is 5.92 Å². The SMILES string of the molecule is Cc1ccc(-n2nc(C(C)(C)C)c3c2N(CC(=O)N2CCC(C)CC2)C(=O)CS[C@H]3c2ccsc2)c(C)c1. The lowest BCUT2D eigenvalue weighted by Crippen LogP contribution is -2.46. The van der Waals surface area contributed by atoms with Crippen LogP contribution in [0.5, 0.6) is 0 Å². The maximum atomic E-state index is 13.8. The number of aryl methyl sites for hydroxylation is 2. The number of aromatic nitrogens is 2. The van der Waals surface area contributed by atoms with E-state index < -0.39 is 0 Å². The Labute approximate surface area is 234 Å². The van der Waals surface area contributed by atoms with Gasteiger partial charge in [-0.3, -0.25) is 14.5 Å². The number of fused-ring (bicyclic) bond motifs is 1. The van der Waals surface area contributed by atoms with Crippen molar-refractivity contribution in [3.05, 3.63) is 63.0 Å². The molecule has 4 heterocycles. The molecule has 8 heteroatoms. The predicted octanol–water partition coefficient (Wildman–Crippen LogP) is 6.28. The van der Waals surface area contributed by atoms with Crippen molar-refractivity contribution in [1.82, 2.24) is 14.7 Å². The van der Waals surface area contributed by atoms with Gasteiger partial charge in [-0.1, -0.05) is 45.4 Å². The summed E-state index contributed by atoms with van der Waals surface area (Å²) in [6.07, 6.45) is 2.02. The molecule has 1 aromatic carbocycles. The highest BCUT2D eigenvalue weighted by atomic mass is 32.2. The molecule has 1 saturated heterocycles. The molecule has 0 radical (unpaired) electrons. The molecule has 1 fully saturated rings. The summed E-state index contributed by atoms with van der Waals surface area (Å²) in [6, 6.07) is 8.46. The van der Waals surface area contributed by atoms with E-state index in [-0.39, 0.29) is 29.0 Å². The molecule has 6 nitrogen and oxygen atoms in total. The number of thiophene rings is 1. The van der Waals surface area contributed by atoms with Gasteiger partial charge in [0.2, 0.25) is 11.8 Å². The summed E-state index contributed by atoms with van der Waals surface area (Å²) >= 11 is 3.31. The van der Waals surface area contributed by atoms with Crippen molar-refractivity contribution < 1.29 is 9.59 Å². The van der Waals surface area contributed by atoms with E-state index in [1.807, 2.05) is 9.58 Å². The van der Waals surface area contributed by atoms with Crippen LogP contribution in [-0.2, 0) is 15.0 Å². The summed E-state index contributed by atoms with van der Waals surface area (Å²) in [7, 11) is 0. The largest absolute Gasteiger partial charge is 0.341 e. The van der Waals surface area contributed by atoms with Gasteiger partial charge >= 0.3 is 0 Å². The smallest absolute Gasteiger partial charge is 0.242 e. The van der Waals surface area contributed by atoms with E-state index in [1.165, 1.54) is 11.1 Å². The van der Waals surface area contributed by atoms with Crippen LogP contribution in [-0.4, -0.2) is 51.9 Å². The molecule has 5 rings (SSSR count). The monoisotopic (exact) mass is 550 g/mol. The second-order valence-corrected chi connectivity index (χ2v) is 13.7. The number of carbonyl (C=O) groups is 2. The van der Waals surface area contributed by atoms with E-state index >= 15 is 0 Å². The number of hydrogen-bond acceptors (Lipinski definition) is 5. The van der Waals surface area contributed by atoms with E-state index in [9.17, 15) is 9.59 Å². The Morgan fingerprint density at radius 3 is 2.50 bits per heavy atom. The summed E-state index contributed by atoms with van der Waals surface area (Å²) in [5.41, 5.74) is 6.14. The van der Waals surface area contributed by atoms with E-state index in [4.69, 9.17) is 5.10 Å². The number of rotatable bonds is 4. The van der Waals surface area contributed by atoms with Gasteiger partial charge in [-0.2, -0.15) is 16.4 Å². The van der Waals surface area contributed by atoms with Crippen molar-refractivity contribution in [2.75, 3.05) is 30.3 Å².